The second-order valence-electron chi connectivity index (χ2n) is 7.34. The molecule has 0 atom stereocenters. The van der Waals surface area contributed by atoms with E-state index >= 15 is 0 Å². The first-order valence-electron chi connectivity index (χ1n) is 10.2. The summed E-state index contributed by atoms with van der Waals surface area (Å²) in [4.78, 5) is 24.5. The fourth-order valence-corrected chi connectivity index (χ4v) is 3.16. The molecule has 1 aliphatic rings. The highest BCUT2D eigenvalue weighted by Gasteiger charge is 2.23. The molecule has 3 aromatic rings. The normalized spacial score (nSPS) is 12.8. The van der Waals surface area contributed by atoms with E-state index in [9.17, 15) is 9.59 Å². The summed E-state index contributed by atoms with van der Waals surface area (Å²) in [5.74, 6) is 0.483. The Bertz CT molecular complexity index is 1030. The molecule has 30 heavy (non-hydrogen) atoms. The van der Waals surface area contributed by atoms with Gasteiger partial charge >= 0.3 is 0 Å². The van der Waals surface area contributed by atoms with Gasteiger partial charge in [0.15, 0.2) is 0 Å². The molecule has 5 heteroatoms. The van der Waals surface area contributed by atoms with Crippen LogP contribution in [0.2, 0.25) is 0 Å². The predicted octanol–water partition coefficient (Wildman–Crippen LogP) is 4.65. The maximum absolute atomic E-state index is 12.3. The zero-order valence-electron chi connectivity index (χ0n) is 16.6. The molecule has 0 unspecified atom stereocenters. The van der Waals surface area contributed by atoms with Crippen LogP contribution < -0.4 is 15.4 Å². The van der Waals surface area contributed by atoms with Gasteiger partial charge in [-0.25, -0.2) is 0 Å². The number of hydrogen-bond acceptors (Lipinski definition) is 3. The summed E-state index contributed by atoms with van der Waals surface area (Å²) in [6, 6.07) is 25.1. The molecule has 0 aromatic heterocycles. The van der Waals surface area contributed by atoms with Crippen molar-refractivity contribution < 1.29 is 14.3 Å². The summed E-state index contributed by atoms with van der Waals surface area (Å²) < 4.78 is 5.89. The van der Waals surface area contributed by atoms with Crippen molar-refractivity contribution in [2.75, 3.05) is 11.9 Å². The van der Waals surface area contributed by atoms with Gasteiger partial charge in [-0.05, 0) is 42.7 Å². The van der Waals surface area contributed by atoms with Crippen molar-refractivity contribution in [2.45, 2.75) is 25.3 Å². The van der Waals surface area contributed by atoms with Crippen molar-refractivity contribution in [3.63, 3.8) is 0 Å². The van der Waals surface area contributed by atoms with Gasteiger partial charge in [0.2, 0.25) is 5.91 Å². The number of nitrogens with one attached hydrogen (secondary N) is 2. The number of hydrogen-bond donors (Lipinski definition) is 2. The summed E-state index contributed by atoms with van der Waals surface area (Å²) in [6.07, 6.45) is 2.28. The Hall–Kier alpha value is -3.60. The standard InChI is InChI=1S/C25H24N2O3/c28-24(26-21-10-6-9-19(17-21)25(29)27-20-13-14-20)15-16-30-23-12-5-4-11-22(23)18-7-2-1-3-8-18/h1-12,17,20H,13-16H2,(H,26,28)(H,27,29). The number of anilines is 1. The Labute approximate surface area is 176 Å². The van der Waals surface area contributed by atoms with E-state index in [0.717, 1.165) is 29.7 Å². The molecule has 5 nitrogen and oxygen atoms in total. The highest BCUT2D eigenvalue weighted by molar-refractivity contribution is 5.97. The number of benzene rings is 3. The lowest BCUT2D eigenvalue weighted by Crippen LogP contribution is -2.25. The SMILES string of the molecule is O=C(CCOc1ccccc1-c1ccccc1)Nc1cccc(C(=O)NC2CC2)c1. The molecule has 0 radical (unpaired) electrons. The van der Waals surface area contributed by atoms with Crippen molar-refractivity contribution in [2.24, 2.45) is 0 Å². The number of amides is 2. The van der Waals surface area contributed by atoms with Gasteiger partial charge in [0.1, 0.15) is 5.75 Å². The van der Waals surface area contributed by atoms with Crippen LogP contribution in [0.1, 0.15) is 29.6 Å². The lowest BCUT2D eigenvalue weighted by atomic mass is 10.1. The highest BCUT2D eigenvalue weighted by Crippen LogP contribution is 2.29. The Morgan fingerprint density at radius 3 is 2.47 bits per heavy atom. The molecule has 0 aliphatic heterocycles. The van der Waals surface area contributed by atoms with Gasteiger partial charge < -0.3 is 15.4 Å². The van der Waals surface area contributed by atoms with Gasteiger partial charge in [-0.3, -0.25) is 9.59 Å². The minimum atomic E-state index is -0.160. The summed E-state index contributed by atoms with van der Waals surface area (Å²) >= 11 is 0. The molecule has 1 aliphatic carbocycles. The van der Waals surface area contributed by atoms with Gasteiger partial charge in [-0.2, -0.15) is 0 Å². The average molecular weight is 400 g/mol. The molecular formula is C25H24N2O3. The minimum absolute atomic E-state index is 0.102. The van der Waals surface area contributed by atoms with Gasteiger partial charge in [0.25, 0.3) is 5.91 Å². The van der Waals surface area contributed by atoms with E-state index in [4.69, 9.17) is 4.74 Å². The van der Waals surface area contributed by atoms with E-state index in [1.807, 2.05) is 54.6 Å². The zero-order chi connectivity index (χ0) is 20.8. The van der Waals surface area contributed by atoms with Crippen molar-refractivity contribution in [1.82, 2.24) is 5.32 Å². The third-order valence-corrected chi connectivity index (χ3v) is 4.88. The largest absolute Gasteiger partial charge is 0.492 e. The molecule has 3 aromatic carbocycles. The van der Waals surface area contributed by atoms with E-state index in [2.05, 4.69) is 10.6 Å². The Kier molecular flexibility index (Phi) is 6.09. The number of carbonyl (C=O) groups excluding carboxylic acids is 2. The molecule has 0 bridgehead atoms. The van der Waals surface area contributed by atoms with E-state index in [-0.39, 0.29) is 24.8 Å². The molecule has 2 N–H and O–H groups in total. The van der Waals surface area contributed by atoms with E-state index in [1.165, 1.54) is 0 Å². The van der Waals surface area contributed by atoms with Crippen LogP contribution in [0.25, 0.3) is 11.1 Å². The topological polar surface area (TPSA) is 67.4 Å². The average Bonchev–Trinajstić information content (AvgIpc) is 3.59. The van der Waals surface area contributed by atoms with Crippen molar-refractivity contribution in [1.29, 1.82) is 0 Å². The molecule has 0 saturated heterocycles. The first-order valence-corrected chi connectivity index (χ1v) is 10.2. The Morgan fingerprint density at radius 1 is 0.900 bits per heavy atom. The maximum Gasteiger partial charge on any atom is 0.251 e. The van der Waals surface area contributed by atoms with E-state index in [1.54, 1.807) is 24.3 Å². The smallest absolute Gasteiger partial charge is 0.251 e. The first kappa shape index (κ1) is 19.7. The van der Waals surface area contributed by atoms with Crippen LogP contribution in [0.3, 0.4) is 0 Å². The zero-order valence-corrected chi connectivity index (χ0v) is 16.6. The van der Waals surface area contributed by atoms with Crippen molar-refractivity contribution >= 4 is 17.5 Å². The summed E-state index contributed by atoms with van der Waals surface area (Å²) in [7, 11) is 0. The van der Waals surface area contributed by atoms with Gasteiger partial charge in [0, 0.05) is 22.9 Å². The molecule has 4 rings (SSSR count). The van der Waals surface area contributed by atoms with Crippen LogP contribution in [-0.4, -0.2) is 24.5 Å². The van der Waals surface area contributed by atoms with E-state index in [0.29, 0.717) is 17.3 Å². The number of ether oxygens (including phenoxy) is 1. The quantitative estimate of drug-likeness (QED) is 0.578. The van der Waals surface area contributed by atoms with Crippen LogP contribution >= 0.6 is 0 Å². The molecule has 1 fully saturated rings. The molecule has 0 spiro atoms. The second-order valence-corrected chi connectivity index (χ2v) is 7.34. The third-order valence-electron chi connectivity index (χ3n) is 4.88. The molecule has 1 saturated carbocycles. The Morgan fingerprint density at radius 2 is 1.67 bits per heavy atom. The molecule has 152 valence electrons. The lowest BCUT2D eigenvalue weighted by Gasteiger charge is -2.12. The van der Waals surface area contributed by atoms with Crippen molar-refractivity contribution in [3.8, 4) is 16.9 Å². The number of rotatable bonds is 8. The summed E-state index contributed by atoms with van der Waals surface area (Å²) in [5.41, 5.74) is 3.22. The number of para-hydroxylation sites is 1. The first-order chi connectivity index (χ1) is 14.7. The fraction of sp³-hybridized carbons (Fsp3) is 0.200. The van der Waals surface area contributed by atoms with Crippen molar-refractivity contribution in [3.05, 3.63) is 84.4 Å². The van der Waals surface area contributed by atoms with Crippen LogP contribution in [-0.2, 0) is 4.79 Å². The monoisotopic (exact) mass is 400 g/mol. The van der Waals surface area contributed by atoms with Crippen LogP contribution in [0.5, 0.6) is 5.75 Å². The van der Waals surface area contributed by atoms with Gasteiger partial charge in [-0.15, -0.1) is 0 Å². The van der Waals surface area contributed by atoms with Crippen LogP contribution in [0.4, 0.5) is 5.69 Å². The molecular weight excluding hydrogens is 376 g/mol. The number of carbonyl (C=O) groups is 2. The highest BCUT2D eigenvalue weighted by atomic mass is 16.5. The predicted molar refractivity (Wildman–Crippen MR) is 118 cm³/mol. The summed E-state index contributed by atoms with van der Waals surface area (Å²) in [6.45, 7) is 0.261. The fourth-order valence-electron chi connectivity index (χ4n) is 3.16. The summed E-state index contributed by atoms with van der Waals surface area (Å²) in [5, 5.41) is 5.79. The van der Waals surface area contributed by atoms with Gasteiger partial charge in [-0.1, -0.05) is 54.6 Å². The maximum atomic E-state index is 12.3. The third kappa shape index (κ3) is 5.26. The molecule has 0 heterocycles. The second kappa shape index (κ2) is 9.27. The van der Waals surface area contributed by atoms with Crippen LogP contribution in [0.15, 0.2) is 78.9 Å². The minimum Gasteiger partial charge on any atom is -0.492 e. The van der Waals surface area contributed by atoms with Crippen LogP contribution in [0, 0.1) is 0 Å². The lowest BCUT2D eigenvalue weighted by molar-refractivity contribution is -0.116. The van der Waals surface area contributed by atoms with E-state index < -0.39 is 0 Å². The van der Waals surface area contributed by atoms with Gasteiger partial charge in [0.05, 0.1) is 13.0 Å². The molecule has 2 amide bonds. The Balaban J connectivity index is 1.31.